The molecule has 1 aliphatic heterocycles. The van der Waals surface area contributed by atoms with E-state index < -0.39 is 0 Å². The second kappa shape index (κ2) is 8.72. The normalized spacial score (nSPS) is 22.7. The molecule has 0 saturated carbocycles. The summed E-state index contributed by atoms with van der Waals surface area (Å²) >= 11 is 0. The maximum absolute atomic E-state index is 13.2. The molecule has 1 aliphatic rings. The highest BCUT2D eigenvalue weighted by Crippen LogP contribution is 2.26. The Morgan fingerprint density at radius 3 is 2.74 bits per heavy atom. The van der Waals surface area contributed by atoms with Crippen LogP contribution in [0.1, 0.15) is 11.5 Å². The number of benzene rings is 1. The Bertz CT molecular complexity index is 381. The van der Waals surface area contributed by atoms with Crippen molar-refractivity contribution in [1.82, 2.24) is 4.90 Å². The van der Waals surface area contributed by atoms with E-state index in [4.69, 9.17) is 10.5 Å². The van der Waals surface area contributed by atoms with Crippen LogP contribution in [0.4, 0.5) is 4.39 Å². The van der Waals surface area contributed by atoms with E-state index >= 15 is 0 Å². The number of nitrogens with zero attached hydrogens (tertiary/aromatic N) is 1. The van der Waals surface area contributed by atoms with Crippen molar-refractivity contribution in [2.75, 3.05) is 33.4 Å². The third kappa shape index (κ3) is 4.89. The van der Waals surface area contributed by atoms with Gasteiger partial charge in [0.2, 0.25) is 0 Å². The van der Waals surface area contributed by atoms with Crippen LogP contribution in [0.5, 0.6) is 0 Å². The summed E-state index contributed by atoms with van der Waals surface area (Å²) in [6, 6.07) is 6.83. The monoisotopic (exact) mass is 310 g/mol. The van der Waals surface area contributed by atoms with Crippen molar-refractivity contribution < 1.29 is 9.13 Å². The van der Waals surface area contributed by atoms with Crippen LogP contribution in [0, 0.1) is 5.82 Å². The average molecular weight is 311 g/mol. The van der Waals surface area contributed by atoms with Crippen molar-refractivity contribution in [3.8, 4) is 0 Å². The molecule has 0 amide bonds. The lowest BCUT2D eigenvalue weighted by Gasteiger charge is -2.15. The Balaban J connectivity index is 0.00000162. The molecule has 1 heterocycles. The maximum Gasteiger partial charge on any atom is 0.123 e. The van der Waals surface area contributed by atoms with Gasteiger partial charge in [0, 0.05) is 38.7 Å². The third-order valence-corrected chi connectivity index (χ3v) is 3.33. The molecule has 1 aromatic carbocycles. The molecule has 0 spiro atoms. The summed E-state index contributed by atoms with van der Waals surface area (Å²) in [5.41, 5.74) is 7.12. The summed E-state index contributed by atoms with van der Waals surface area (Å²) in [5.74, 6) is 0.0348. The van der Waals surface area contributed by atoms with Crippen molar-refractivity contribution in [3.63, 3.8) is 0 Å². The van der Waals surface area contributed by atoms with E-state index in [0.717, 1.165) is 25.2 Å². The fourth-order valence-corrected chi connectivity index (χ4v) is 2.41. The maximum atomic E-state index is 13.2. The van der Waals surface area contributed by atoms with Gasteiger partial charge >= 0.3 is 0 Å². The molecule has 2 atom stereocenters. The predicted octanol–water partition coefficient (Wildman–Crippen LogP) is 2.04. The van der Waals surface area contributed by atoms with Gasteiger partial charge in [-0.05, 0) is 17.7 Å². The van der Waals surface area contributed by atoms with Crippen LogP contribution in [0.15, 0.2) is 24.3 Å². The van der Waals surface area contributed by atoms with Crippen LogP contribution < -0.4 is 5.73 Å². The van der Waals surface area contributed by atoms with Gasteiger partial charge in [-0.2, -0.15) is 0 Å². The topological polar surface area (TPSA) is 38.5 Å². The first-order valence-corrected chi connectivity index (χ1v) is 5.93. The summed E-state index contributed by atoms with van der Waals surface area (Å²) in [6.07, 6.45) is 0. The number of nitrogens with two attached hydrogens (primary N) is 1. The van der Waals surface area contributed by atoms with Gasteiger partial charge in [-0.3, -0.25) is 4.90 Å². The zero-order chi connectivity index (χ0) is 12.3. The van der Waals surface area contributed by atoms with Gasteiger partial charge < -0.3 is 10.5 Å². The first kappa shape index (κ1) is 18.6. The Kier molecular flexibility index (Phi) is 8.54. The van der Waals surface area contributed by atoms with E-state index in [1.807, 2.05) is 6.07 Å². The highest BCUT2D eigenvalue weighted by Gasteiger charge is 2.30. The fourth-order valence-electron chi connectivity index (χ4n) is 2.41. The molecule has 19 heavy (non-hydrogen) atoms. The van der Waals surface area contributed by atoms with E-state index in [1.165, 1.54) is 6.07 Å². The molecular formula is C13H21Cl2FN2O. The second-order valence-electron chi connectivity index (χ2n) is 4.58. The standard InChI is InChI=1S/C13H19FN2O.2ClH/c1-17-6-5-16-8-12(13(15)9-16)10-3-2-4-11(14)7-10;;/h2-4,7,12-13H,5-6,8-9,15H2,1H3;2*1H/t12-,13+;;/m1../s1. The number of likely N-dealkylation sites (tertiary alicyclic amines) is 1. The van der Waals surface area contributed by atoms with Crippen molar-refractivity contribution in [1.29, 1.82) is 0 Å². The van der Waals surface area contributed by atoms with E-state index in [-0.39, 0.29) is 42.6 Å². The largest absolute Gasteiger partial charge is 0.383 e. The molecule has 1 aromatic rings. The van der Waals surface area contributed by atoms with Crippen molar-refractivity contribution in [2.45, 2.75) is 12.0 Å². The van der Waals surface area contributed by atoms with Gasteiger partial charge in [-0.15, -0.1) is 24.8 Å². The first-order chi connectivity index (χ1) is 8.20. The van der Waals surface area contributed by atoms with Gasteiger partial charge in [0.05, 0.1) is 6.61 Å². The Morgan fingerprint density at radius 2 is 2.11 bits per heavy atom. The molecule has 0 aliphatic carbocycles. The predicted molar refractivity (Wildman–Crippen MR) is 79.9 cm³/mol. The molecule has 0 unspecified atom stereocenters. The lowest BCUT2D eigenvalue weighted by atomic mass is 9.95. The van der Waals surface area contributed by atoms with Crippen molar-refractivity contribution in [2.24, 2.45) is 5.73 Å². The second-order valence-corrected chi connectivity index (χ2v) is 4.58. The van der Waals surface area contributed by atoms with Gasteiger partial charge in [-0.25, -0.2) is 4.39 Å². The number of hydrogen-bond donors (Lipinski definition) is 1. The smallest absolute Gasteiger partial charge is 0.123 e. The summed E-state index contributed by atoms with van der Waals surface area (Å²) in [5, 5.41) is 0. The van der Waals surface area contributed by atoms with Crippen LogP contribution in [-0.2, 0) is 4.74 Å². The average Bonchev–Trinajstić information content (AvgIpc) is 2.68. The molecule has 6 heteroatoms. The van der Waals surface area contributed by atoms with Crippen LogP contribution >= 0.6 is 24.8 Å². The molecule has 0 aromatic heterocycles. The van der Waals surface area contributed by atoms with E-state index in [2.05, 4.69) is 4.90 Å². The molecule has 1 saturated heterocycles. The molecule has 2 N–H and O–H groups in total. The Labute approximate surface area is 126 Å². The van der Waals surface area contributed by atoms with Crippen LogP contribution in [0.25, 0.3) is 0 Å². The molecular weight excluding hydrogens is 290 g/mol. The lowest BCUT2D eigenvalue weighted by molar-refractivity contribution is 0.160. The molecule has 0 radical (unpaired) electrons. The Hall–Kier alpha value is -0.390. The van der Waals surface area contributed by atoms with Crippen molar-refractivity contribution in [3.05, 3.63) is 35.6 Å². The summed E-state index contributed by atoms with van der Waals surface area (Å²) in [6.45, 7) is 3.33. The highest BCUT2D eigenvalue weighted by molar-refractivity contribution is 5.85. The number of halogens is 3. The zero-order valence-corrected chi connectivity index (χ0v) is 12.6. The van der Waals surface area contributed by atoms with E-state index in [9.17, 15) is 4.39 Å². The molecule has 3 nitrogen and oxygen atoms in total. The highest BCUT2D eigenvalue weighted by atomic mass is 35.5. The molecule has 2 rings (SSSR count). The van der Waals surface area contributed by atoms with Gasteiger partial charge in [0.1, 0.15) is 5.82 Å². The van der Waals surface area contributed by atoms with E-state index in [0.29, 0.717) is 6.61 Å². The number of hydrogen-bond acceptors (Lipinski definition) is 3. The summed E-state index contributed by atoms with van der Waals surface area (Å²) < 4.78 is 18.2. The molecule has 110 valence electrons. The van der Waals surface area contributed by atoms with Gasteiger partial charge in [-0.1, -0.05) is 12.1 Å². The first-order valence-electron chi connectivity index (χ1n) is 5.93. The van der Waals surface area contributed by atoms with Crippen LogP contribution in [0.3, 0.4) is 0 Å². The van der Waals surface area contributed by atoms with Crippen molar-refractivity contribution >= 4 is 24.8 Å². The summed E-state index contributed by atoms with van der Waals surface area (Å²) in [7, 11) is 1.69. The SMILES string of the molecule is COCCN1C[C@H](c2cccc(F)c2)[C@@H](N)C1.Cl.Cl. The summed E-state index contributed by atoms with van der Waals surface area (Å²) in [4.78, 5) is 2.27. The minimum Gasteiger partial charge on any atom is -0.383 e. The van der Waals surface area contributed by atoms with Crippen LogP contribution in [-0.4, -0.2) is 44.3 Å². The van der Waals surface area contributed by atoms with Gasteiger partial charge in [0.25, 0.3) is 0 Å². The minimum absolute atomic E-state index is 0. The fraction of sp³-hybridized carbons (Fsp3) is 0.538. The van der Waals surface area contributed by atoms with Gasteiger partial charge in [0.15, 0.2) is 0 Å². The molecule has 0 bridgehead atoms. The minimum atomic E-state index is -0.190. The number of methoxy groups -OCH3 is 1. The van der Waals surface area contributed by atoms with E-state index in [1.54, 1.807) is 19.2 Å². The number of rotatable bonds is 4. The lowest BCUT2D eigenvalue weighted by Crippen LogP contribution is -2.30. The Morgan fingerprint density at radius 1 is 1.37 bits per heavy atom. The molecule has 1 fully saturated rings. The zero-order valence-electron chi connectivity index (χ0n) is 10.9. The quantitative estimate of drug-likeness (QED) is 0.925. The third-order valence-electron chi connectivity index (χ3n) is 3.33. The number of ether oxygens (including phenoxy) is 1. The van der Waals surface area contributed by atoms with Crippen LogP contribution in [0.2, 0.25) is 0 Å².